The van der Waals surface area contributed by atoms with Crippen molar-refractivity contribution in [1.29, 1.82) is 0 Å². The van der Waals surface area contributed by atoms with Gasteiger partial charge in [0, 0.05) is 37.1 Å². The van der Waals surface area contributed by atoms with Crippen LogP contribution >= 0.6 is 24.8 Å². The highest BCUT2D eigenvalue weighted by atomic mass is 35.5. The van der Waals surface area contributed by atoms with E-state index in [1.807, 2.05) is 22.9 Å². The van der Waals surface area contributed by atoms with Gasteiger partial charge in [0.25, 0.3) is 0 Å². The fraction of sp³-hybridized carbons (Fsp3) is 0.400. The molecule has 0 aromatic carbocycles. The van der Waals surface area contributed by atoms with Gasteiger partial charge in [0.05, 0.1) is 0 Å². The molecule has 1 fully saturated rings. The minimum absolute atomic E-state index is 0. The molecule has 3 N–H and O–H groups in total. The summed E-state index contributed by atoms with van der Waals surface area (Å²) in [6, 6.07) is 4.03. The maximum atomic E-state index is 12.1. The van der Waals surface area contributed by atoms with Crippen molar-refractivity contribution < 1.29 is 4.79 Å². The monoisotopic (exact) mass is 357 g/mol. The van der Waals surface area contributed by atoms with Crippen LogP contribution in [0.2, 0.25) is 0 Å². The average molecular weight is 358 g/mol. The highest BCUT2D eigenvalue weighted by Crippen LogP contribution is 2.24. The Balaban J connectivity index is 0.00000132. The lowest BCUT2D eigenvalue weighted by atomic mass is 10.1. The van der Waals surface area contributed by atoms with E-state index in [0.717, 1.165) is 30.6 Å². The van der Waals surface area contributed by atoms with E-state index in [2.05, 4.69) is 15.3 Å². The Kier molecular flexibility index (Phi) is 7.48. The van der Waals surface area contributed by atoms with E-state index in [-0.39, 0.29) is 42.7 Å². The molecule has 3 rings (SSSR count). The number of rotatable bonds is 4. The number of nitrogens with one attached hydrogen (secondary N) is 1. The van der Waals surface area contributed by atoms with Crippen LogP contribution in [0.1, 0.15) is 24.8 Å². The van der Waals surface area contributed by atoms with E-state index in [1.54, 1.807) is 18.7 Å². The molecule has 23 heavy (non-hydrogen) atoms. The van der Waals surface area contributed by atoms with Gasteiger partial charge in [-0.25, -0.2) is 9.97 Å². The standard InChI is InChI=1S/C15H19N5O.2ClH/c16-13-2-1-12(8-13)15(21)19-9-11-3-4-18-14(7-11)20-6-5-17-10-20;;/h3-7,10,12-13H,1-2,8-9,16H2,(H,19,21);2*1H. The molecular weight excluding hydrogens is 337 g/mol. The fourth-order valence-electron chi connectivity index (χ4n) is 2.69. The van der Waals surface area contributed by atoms with Gasteiger partial charge in [-0.3, -0.25) is 9.36 Å². The minimum Gasteiger partial charge on any atom is -0.352 e. The molecule has 0 radical (unpaired) electrons. The van der Waals surface area contributed by atoms with Crippen LogP contribution in [0.25, 0.3) is 5.82 Å². The predicted octanol–water partition coefficient (Wildman–Crippen LogP) is 1.85. The van der Waals surface area contributed by atoms with Crippen molar-refractivity contribution in [3.05, 3.63) is 42.6 Å². The topological polar surface area (TPSA) is 85.8 Å². The molecule has 2 aromatic rings. The number of aromatic nitrogens is 3. The minimum atomic E-state index is 0. The number of nitrogens with zero attached hydrogens (tertiary/aromatic N) is 3. The second kappa shape index (κ2) is 8.86. The van der Waals surface area contributed by atoms with Gasteiger partial charge >= 0.3 is 0 Å². The van der Waals surface area contributed by atoms with E-state index in [1.165, 1.54) is 0 Å². The second-order valence-corrected chi connectivity index (χ2v) is 5.48. The number of carbonyl (C=O) groups excluding carboxylic acids is 1. The van der Waals surface area contributed by atoms with Gasteiger partial charge in [-0.1, -0.05) is 0 Å². The van der Waals surface area contributed by atoms with Crippen LogP contribution in [-0.4, -0.2) is 26.5 Å². The third-order valence-corrected chi connectivity index (χ3v) is 3.89. The van der Waals surface area contributed by atoms with Crippen LogP contribution < -0.4 is 11.1 Å². The first-order valence-corrected chi connectivity index (χ1v) is 7.19. The van der Waals surface area contributed by atoms with Crippen LogP contribution in [0, 0.1) is 5.92 Å². The molecule has 0 bridgehead atoms. The maximum absolute atomic E-state index is 12.1. The van der Waals surface area contributed by atoms with Crippen molar-refractivity contribution in [1.82, 2.24) is 19.9 Å². The fourth-order valence-corrected chi connectivity index (χ4v) is 2.69. The number of carbonyl (C=O) groups is 1. The smallest absolute Gasteiger partial charge is 0.223 e. The zero-order valence-corrected chi connectivity index (χ0v) is 14.2. The van der Waals surface area contributed by atoms with Gasteiger partial charge in [-0.05, 0) is 37.0 Å². The highest BCUT2D eigenvalue weighted by Gasteiger charge is 2.27. The quantitative estimate of drug-likeness (QED) is 0.874. The van der Waals surface area contributed by atoms with E-state index < -0.39 is 0 Å². The van der Waals surface area contributed by atoms with E-state index >= 15 is 0 Å². The first kappa shape index (κ1) is 19.4. The zero-order chi connectivity index (χ0) is 14.7. The van der Waals surface area contributed by atoms with Crippen LogP contribution in [-0.2, 0) is 11.3 Å². The molecule has 0 aliphatic heterocycles. The normalized spacial score (nSPS) is 19.5. The van der Waals surface area contributed by atoms with Crippen LogP contribution in [0.5, 0.6) is 0 Å². The van der Waals surface area contributed by atoms with E-state index in [0.29, 0.717) is 6.54 Å². The number of nitrogens with two attached hydrogens (primary N) is 1. The van der Waals surface area contributed by atoms with Gasteiger partial charge in [-0.2, -0.15) is 0 Å². The molecule has 2 heterocycles. The molecule has 126 valence electrons. The average Bonchev–Trinajstić information content (AvgIpc) is 3.16. The summed E-state index contributed by atoms with van der Waals surface area (Å²) >= 11 is 0. The summed E-state index contributed by atoms with van der Waals surface area (Å²) in [4.78, 5) is 20.4. The second-order valence-electron chi connectivity index (χ2n) is 5.48. The van der Waals surface area contributed by atoms with Gasteiger partial charge < -0.3 is 11.1 Å². The Bertz CT molecular complexity index is 620. The van der Waals surface area contributed by atoms with Crippen molar-refractivity contribution in [3.63, 3.8) is 0 Å². The molecule has 2 unspecified atom stereocenters. The van der Waals surface area contributed by atoms with E-state index in [4.69, 9.17) is 5.73 Å². The summed E-state index contributed by atoms with van der Waals surface area (Å²) < 4.78 is 1.83. The molecule has 0 saturated heterocycles. The molecule has 1 aliphatic rings. The number of hydrogen-bond acceptors (Lipinski definition) is 4. The number of amides is 1. The van der Waals surface area contributed by atoms with Gasteiger partial charge in [0.15, 0.2) is 0 Å². The van der Waals surface area contributed by atoms with Crippen LogP contribution in [0.4, 0.5) is 0 Å². The first-order chi connectivity index (χ1) is 10.2. The lowest BCUT2D eigenvalue weighted by Gasteiger charge is -2.11. The van der Waals surface area contributed by atoms with E-state index in [9.17, 15) is 4.79 Å². The summed E-state index contributed by atoms with van der Waals surface area (Å²) in [7, 11) is 0. The third kappa shape index (κ3) is 4.92. The third-order valence-electron chi connectivity index (χ3n) is 3.89. The Morgan fingerprint density at radius 2 is 2.17 bits per heavy atom. The number of hydrogen-bond donors (Lipinski definition) is 2. The Morgan fingerprint density at radius 3 is 2.83 bits per heavy atom. The summed E-state index contributed by atoms with van der Waals surface area (Å²) in [5.41, 5.74) is 6.87. The molecular formula is C15H21Cl2N5O. The highest BCUT2D eigenvalue weighted by molar-refractivity contribution is 5.85. The van der Waals surface area contributed by atoms with Gasteiger partial charge in [0.2, 0.25) is 5.91 Å². The largest absolute Gasteiger partial charge is 0.352 e. The molecule has 8 heteroatoms. The van der Waals surface area contributed by atoms with Crippen molar-refractivity contribution in [2.45, 2.75) is 31.8 Å². The molecule has 1 aliphatic carbocycles. The van der Waals surface area contributed by atoms with Crippen molar-refractivity contribution in [3.8, 4) is 5.82 Å². The predicted molar refractivity (Wildman–Crippen MR) is 93.0 cm³/mol. The molecule has 1 amide bonds. The van der Waals surface area contributed by atoms with Crippen molar-refractivity contribution in [2.24, 2.45) is 11.7 Å². The van der Waals surface area contributed by atoms with Gasteiger partial charge in [0.1, 0.15) is 12.1 Å². The molecule has 1 saturated carbocycles. The zero-order valence-electron chi connectivity index (χ0n) is 12.6. The number of imidazole rings is 1. The number of pyridine rings is 1. The SMILES string of the molecule is Cl.Cl.NC1CCC(C(=O)NCc2ccnc(-n3ccnc3)c2)C1. The Labute approximate surface area is 147 Å². The lowest BCUT2D eigenvalue weighted by Crippen LogP contribution is -2.30. The Hall–Kier alpha value is -1.63. The van der Waals surface area contributed by atoms with Crippen molar-refractivity contribution in [2.75, 3.05) is 0 Å². The molecule has 2 atom stereocenters. The summed E-state index contributed by atoms with van der Waals surface area (Å²) in [5.74, 6) is 0.959. The molecule has 6 nitrogen and oxygen atoms in total. The van der Waals surface area contributed by atoms with Crippen LogP contribution in [0.15, 0.2) is 37.1 Å². The molecule has 2 aromatic heterocycles. The number of halogens is 2. The Morgan fingerprint density at radius 1 is 1.35 bits per heavy atom. The maximum Gasteiger partial charge on any atom is 0.223 e. The van der Waals surface area contributed by atoms with Gasteiger partial charge in [-0.15, -0.1) is 24.8 Å². The van der Waals surface area contributed by atoms with Crippen molar-refractivity contribution >= 4 is 30.7 Å². The summed E-state index contributed by atoms with van der Waals surface area (Å²) in [6.45, 7) is 0.509. The van der Waals surface area contributed by atoms with Crippen LogP contribution in [0.3, 0.4) is 0 Å². The first-order valence-electron chi connectivity index (χ1n) is 7.19. The summed E-state index contributed by atoms with van der Waals surface area (Å²) in [6.07, 6.45) is 9.61. The summed E-state index contributed by atoms with van der Waals surface area (Å²) in [5, 5.41) is 2.99. The molecule has 0 spiro atoms. The lowest BCUT2D eigenvalue weighted by molar-refractivity contribution is -0.125.